The van der Waals surface area contributed by atoms with Crippen LogP contribution in [0, 0.1) is 6.92 Å². The van der Waals surface area contributed by atoms with Gasteiger partial charge in [-0.15, -0.1) is 0 Å². The molecule has 7 N–H and O–H groups in total. The number of aliphatic hydroxyl groups is 1. The van der Waals surface area contributed by atoms with Crippen molar-refractivity contribution < 1.29 is 49.7 Å². The van der Waals surface area contributed by atoms with Crippen LogP contribution in [0.5, 0.6) is 40.2 Å². The van der Waals surface area contributed by atoms with Crippen LogP contribution in [0.4, 0.5) is 0 Å². The molecule has 11 heteroatoms. The summed E-state index contributed by atoms with van der Waals surface area (Å²) in [7, 11) is 0. The lowest BCUT2D eigenvalue weighted by Crippen LogP contribution is -2.30. The highest BCUT2D eigenvalue weighted by Gasteiger charge is 2.33. The molecule has 0 amide bonds. The van der Waals surface area contributed by atoms with Crippen molar-refractivity contribution in [3.05, 3.63) is 51.9 Å². The number of carbonyl (C=O) groups excluding carboxylic acids is 1. The summed E-state index contributed by atoms with van der Waals surface area (Å²) in [6.45, 7) is 1.06. The quantitative estimate of drug-likeness (QED) is 0.164. The number of aromatic hydroxyl groups is 6. The molecule has 0 radical (unpaired) electrons. The number of carbonyl (C=O) groups is 1. The number of hydrogen-bond donors (Lipinski definition) is 7. The van der Waals surface area contributed by atoms with Gasteiger partial charge in [0.1, 0.15) is 68.6 Å². The molecule has 0 spiro atoms. The topological polar surface area (TPSA) is 198 Å². The lowest BCUT2D eigenvalue weighted by atomic mass is 9.88. The zero-order valence-electron chi connectivity index (χ0n) is 20.1. The Kier molecular flexibility index (Phi) is 5.07. The Morgan fingerprint density at radius 3 is 2.10 bits per heavy atom. The fourth-order valence-electron chi connectivity index (χ4n) is 5.33. The highest BCUT2D eigenvalue weighted by Crippen LogP contribution is 2.52. The van der Waals surface area contributed by atoms with Gasteiger partial charge in [-0.25, -0.2) is 0 Å². The predicted molar refractivity (Wildman–Crippen MR) is 138 cm³/mol. The van der Waals surface area contributed by atoms with Crippen LogP contribution >= 0.6 is 0 Å². The Morgan fingerprint density at radius 1 is 0.744 bits per heavy atom. The van der Waals surface area contributed by atoms with Gasteiger partial charge in [-0.2, -0.15) is 0 Å². The molecule has 0 fully saturated rings. The third-order valence-electron chi connectivity index (χ3n) is 6.93. The molecule has 2 heterocycles. The first-order valence-corrected chi connectivity index (χ1v) is 11.7. The molecule has 11 nitrogen and oxygen atoms in total. The molecule has 39 heavy (non-hydrogen) atoms. The molecule has 4 aromatic carbocycles. The second kappa shape index (κ2) is 8.17. The van der Waals surface area contributed by atoms with Crippen LogP contribution in [0.3, 0.4) is 0 Å². The maximum atomic E-state index is 13.4. The summed E-state index contributed by atoms with van der Waals surface area (Å²) < 4.78 is 11.3. The first kappa shape index (κ1) is 24.2. The number of ether oxygens (including phenoxy) is 1. The maximum Gasteiger partial charge on any atom is 0.190 e. The SMILES string of the molecule is Cc1cc(O)c2c(O)c3c(O)cc(=O)c(-c4c(O)cc(O)c5c(O)c6c(cc45)O[C@H](CO)CC6=O)c3cc2o1. The van der Waals surface area contributed by atoms with Crippen LogP contribution in [0.2, 0.25) is 0 Å². The first-order chi connectivity index (χ1) is 18.5. The number of ketones is 1. The van der Waals surface area contributed by atoms with Crippen molar-refractivity contribution in [2.24, 2.45) is 0 Å². The van der Waals surface area contributed by atoms with Crippen molar-refractivity contribution in [3.8, 4) is 51.4 Å². The van der Waals surface area contributed by atoms with Crippen molar-refractivity contribution in [1.29, 1.82) is 0 Å². The number of fused-ring (bicyclic) bond motifs is 4. The van der Waals surface area contributed by atoms with Crippen LogP contribution < -0.4 is 10.2 Å². The predicted octanol–water partition coefficient (Wildman–Crippen LogP) is 3.63. The molecule has 0 saturated carbocycles. The van der Waals surface area contributed by atoms with Crippen molar-refractivity contribution in [3.63, 3.8) is 0 Å². The number of phenols is 5. The second-order valence-corrected chi connectivity index (χ2v) is 9.39. The standard InChI is InChI=1S/C28H20O11/c1-9-2-13(30)25-19(38-9)4-11-21(15(32)6-17(34)23(11)27(25)36)22-12-5-20-26(14(31)3-10(8-29)39-20)28(37)24(12)18(35)7-16(22)33/h2,4-7,10,29-30,33-37H,3,8H2,1H3/t10-/m0/s1. The van der Waals surface area contributed by atoms with Gasteiger partial charge in [0.05, 0.1) is 23.8 Å². The summed E-state index contributed by atoms with van der Waals surface area (Å²) in [5, 5.41) is 73.5. The van der Waals surface area contributed by atoms with E-state index >= 15 is 0 Å². The molecular weight excluding hydrogens is 512 g/mol. The molecule has 6 rings (SSSR count). The van der Waals surface area contributed by atoms with Gasteiger partial charge < -0.3 is 44.9 Å². The number of phenolic OH excluding ortho intramolecular Hbond substituents is 5. The Bertz CT molecular complexity index is 1970. The number of Topliss-reactive ketones (excluding diaryl/α,β-unsaturated/α-hetero) is 1. The minimum absolute atomic E-state index is 0.0359. The minimum Gasteiger partial charge on any atom is -0.507 e. The Morgan fingerprint density at radius 2 is 1.38 bits per heavy atom. The van der Waals surface area contributed by atoms with E-state index in [0.29, 0.717) is 0 Å². The zero-order chi connectivity index (χ0) is 27.9. The van der Waals surface area contributed by atoms with E-state index < -0.39 is 52.7 Å². The van der Waals surface area contributed by atoms with Crippen molar-refractivity contribution in [1.82, 2.24) is 0 Å². The molecule has 1 aliphatic heterocycles. The molecule has 1 atom stereocenters. The molecule has 0 unspecified atom stereocenters. The zero-order valence-corrected chi connectivity index (χ0v) is 20.1. The summed E-state index contributed by atoms with van der Waals surface area (Å²) in [6.07, 6.45) is -1.12. The highest BCUT2D eigenvalue weighted by molar-refractivity contribution is 6.18. The van der Waals surface area contributed by atoms with E-state index in [1.54, 1.807) is 6.92 Å². The van der Waals surface area contributed by atoms with Gasteiger partial charge in [0, 0.05) is 40.1 Å². The fourth-order valence-corrected chi connectivity index (χ4v) is 5.33. The smallest absolute Gasteiger partial charge is 0.190 e. The third-order valence-corrected chi connectivity index (χ3v) is 6.93. The van der Waals surface area contributed by atoms with Gasteiger partial charge in [0.15, 0.2) is 11.2 Å². The minimum atomic E-state index is -0.901. The second-order valence-electron chi connectivity index (χ2n) is 9.39. The van der Waals surface area contributed by atoms with E-state index in [2.05, 4.69) is 0 Å². The largest absolute Gasteiger partial charge is 0.507 e. The molecule has 0 aliphatic carbocycles. The van der Waals surface area contributed by atoms with E-state index in [4.69, 9.17) is 9.15 Å². The Labute approximate surface area is 217 Å². The van der Waals surface area contributed by atoms with Crippen LogP contribution in [0.25, 0.3) is 43.6 Å². The summed E-state index contributed by atoms with van der Waals surface area (Å²) in [5.74, 6) is -3.80. The van der Waals surface area contributed by atoms with Crippen LogP contribution in [-0.4, -0.2) is 54.2 Å². The van der Waals surface area contributed by atoms with Gasteiger partial charge in [0.2, 0.25) is 0 Å². The molecule has 1 aromatic heterocycles. The van der Waals surface area contributed by atoms with Gasteiger partial charge >= 0.3 is 0 Å². The van der Waals surface area contributed by atoms with Crippen LogP contribution in [-0.2, 0) is 0 Å². The van der Waals surface area contributed by atoms with Crippen LogP contribution in [0.15, 0.2) is 39.5 Å². The number of aliphatic hydroxyl groups excluding tert-OH is 1. The number of benzene rings is 4. The number of rotatable bonds is 2. The number of aryl methyl sites for hydroxylation is 1. The van der Waals surface area contributed by atoms with E-state index in [9.17, 15) is 45.3 Å². The third kappa shape index (κ3) is 3.33. The molecule has 5 aromatic rings. The molecule has 198 valence electrons. The summed E-state index contributed by atoms with van der Waals surface area (Å²) in [4.78, 5) is 26.1. The summed E-state index contributed by atoms with van der Waals surface area (Å²) in [6, 6.07) is 5.50. The Hall–Kier alpha value is -5.16. The Balaban J connectivity index is 1.81. The van der Waals surface area contributed by atoms with Gasteiger partial charge in [-0.1, -0.05) is 0 Å². The molecule has 0 saturated heterocycles. The van der Waals surface area contributed by atoms with E-state index in [1.165, 1.54) is 18.2 Å². The van der Waals surface area contributed by atoms with E-state index in [1.807, 2.05) is 0 Å². The van der Waals surface area contributed by atoms with E-state index in [-0.39, 0.29) is 72.9 Å². The lowest BCUT2D eigenvalue weighted by Gasteiger charge is -2.26. The van der Waals surface area contributed by atoms with Gasteiger partial charge in [-0.3, -0.25) is 9.59 Å². The van der Waals surface area contributed by atoms with Crippen LogP contribution in [0.1, 0.15) is 22.5 Å². The average Bonchev–Trinajstić information content (AvgIpc) is 2.84. The molecule has 1 aliphatic rings. The molecular formula is C28H20O11. The lowest BCUT2D eigenvalue weighted by molar-refractivity contribution is 0.0701. The van der Waals surface area contributed by atoms with Gasteiger partial charge in [0.25, 0.3) is 0 Å². The normalized spacial score (nSPS) is 15.1. The van der Waals surface area contributed by atoms with Crippen molar-refractivity contribution >= 4 is 38.3 Å². The monoisotopic (exact) mass is 532 g/mol. The summed E-state index contributed by atoms with van der Waals surface area (Å²) in [5.41, 5.74) is -1.54. The van der Waals surface area contributed by atoms with Crippen molar-refractivity contribution in [2.45, 2.75) is 19.4 Å². The van der Waals surface area contributed by atoms with Crippen molar-refractivity contribution in [2.75, 3.05) is 6.61 Å². The first-order valence-electron chi connectivity index (χ1n) is 11.7. The number of hydrogen-bond acceptors (Lipinski definition) is 11. The maximum absolute atomic E-state index is 13.4. The van der Waals surface area contributed by atoms with Gasteiger partial charge in [-0.05, 0) is 19.1 Å². The average molecular weight is 532 g/mol. The highest BCUT2D eigenvalue weighted by atomic mass is 16.5. The fraction of sp³-hybridized carbons (Fsp3) is 0.143. The molecule has 0 bridgehead atoms. The van der Waals surface area contributed by atoms with E-state index in [0.717, 1.165) is 12.1 Å². The summed E-state index contributed by atoms with van der Waals surface area (Å²) >= 11 is 0.